The van der Waals surface area contributed by atoms with Gasteiger partial charge in [0.1, 0.15) is 5.82 Å². The third kappa shape index (κ3) is 4.34. The van der Waals surface area contributed by atoms with E-state index in [9.17, 15) is 9.18 Å². The van der Waals surface area contributed by atoms with Crippen molar-refractivity contribution in [3.8, 4) is 5.69 Å². The molecule has 2 aromatic carbocycles. The van der Waals surface area contributed by atoms with E-state index >= 15 is 0 Å². The van der Waals surface area contributed by atoms with E-state index in [1.807, 2.05) is 13.0 Å². The Morgan fingerprint density at radius 2 is 2.16 bits per heavy atom. The third-order valence-corrected chi connectivity index (χ3v) is 4.46. The van der Waals surface area contributed by atoms with Crippen LogP contribution in [0.4, 0.5) is 10.1 Å². The van der Waals surface area contributed by atoms with Crippen LogP contribution < -0.4 is 5.32 Å². The molecule has 3 rings (SSSR count). The van der Waals surface area contributed by atoms with Gasteiger partial charge < -0.3 is 5.32 Å². The predicted molar refractivity (Wildman–Crippen MR) is 94.7 cm³/mol. The molecule has 1 amide bonds. The molecule has 0 saturated carbocycles. The van der Waals surface area contributed by atoms with E-state index in [0.29, 0.717) is 21.6 Å². The van der Waals surface area contributed by atoms with Crippen LogP contribution in [0.25, 0.3) is 5.69 Å². The number of anilines is 1. The van der Waals surface area contributed by atoms with E-state index in [0.717, 1.165) is 17.3 Å². The average Bonchev–Trinajstić information content (AvgIpc) is 3.04. The van der Waals surface area contributed by atoms with Crippen LogP contribution in [0.1, 0.15) is 5.56 Å². The lowest BCUT2D eigenvalue weighted by Gasteiger charge is -2.08. The number of amides is 1. The monoisotopic (exact) mass is 377 g/mol. The molecule has 0 bridgehead atoms. The Kier molecular flexibility index (Phi) is 5.30. The third-order valence-electron chi connectivity index (χ3n) is 3.22. The molecule has 6 nitrogen and oxygen atoms in total. The lowest BCUT2D eigenvalue weighted by molar-refractivity contribution is -0.113. The van der Waals surface area contributed by atoms with Crippen LogP contribution in [0, 0.1) is 12.7 Å². The number of halogens is 2. The summed E-state index contributed by atoms with van der Waals surface area (Å²) in [6.07, 6.45) is 0. The van der Waals surface area contributed by atoms with Crippen LogP contribution in [0.5, 0.6) is 0 Å². The quantitative estimate of drug-likeness (QED) is 0.689. The predicted octanol–water partition coefficient (Wildman–Crippen LogP) is 3.49. The fourth-order valence-electron chi connectivity index (χ4n) is 2.08. The van der Waals surface area contributed by atoms with Crippen LogP contribution in [-0.2, 0) is 4.79 Å². The van der Waals surface area contributed by atoms with Gasteiger partial charge in [-0.25, -0.2) is 4.39 Å². The number of rotatable bonds is 5. The second-order valence-corrected chi connectivity index (χ2v) is 6.52. The molecular formula is C16H13ClFN5OS. The lowest BCUT2D eigenvalue weighted by Crippen LogP contribution is -2.15. The van der Waals surface area contributed by atoms with Gasteiger partial charge in [0.2, 0.25) is 11.1 Å². The summed E-state index contributed by atoms with van der Waals surface area (Å²) < 4.78 is 14.7. The number of nitrogens with one attached hydrogen (secondary N) is 1. The fraction of sp³-hybridized carbons (Fsp3) is 0.125. The molecule has 0 aliphatic carbocycles. The highest BCUT2D eigenvalue weighted by atomic mass is 35.5. The highest BCUT2D eigenvalue weighted by Crippen LogP contribution is 2.24. The molecule has 0 aliphatic heterocycles. The van der Waals surface area contributed by atoms with Crippen LogP contribution in [-0.4, -0.2) is 31.9 Å². The first kappa shape index (κ1) is 17.4. The Morgan fingerprint density at radius 1 is 1.32 bits per heavy atom. The zero-order chi connectivity index (χ0) is 17.8. The molecule has 1 N–H and O–H groups in total. The van der Waals surface area contributed by atoms with Gasteiger partial charge in [0.15, 0.2) is 0 Å². The van der Waals surface area contributed by atoms with Gasteiger partial charge in [0, 0.05) is 0 Å². The van der Waals surface area contributed by atoms with Gasteiger partial charge >= 0.3 is 0 Å². The van der Waals surface area contributed by atoms with Crippen molar-refractivity contribution < 1.29 is 9.18 Å². The number of aryl methyl sites for hydroxylation is 1. The van der Waals surface area contributed by atoms with Crippen molar-refractivity contribution in [2.24, 2.45) is 0 Å². The first-order chi connectivity index (χ1) is 12.0. The fourth-order valence-corrected chi connectivity index (χ4v) is 3.05. The Bertz CT molecular complexity index is 917. The van der Waals surface area contributed by atoms with Crippen LogP contribution >= 0.6 is 23.4 Å². The van der Waals surface area contributed by atoms with E-state index in [1.54, 1.807) is 24.3 Å². The summed E-state index contributed by atoms with van der Waals surface area (Å²) in [5.41, 5.74) is 2.03. The van der Waals surface area contributed by atoms with E-state index in [4.69, 9.17) is 11.6 Å². The van der Waals surface area contributed by atoms with E-state index < -0.39 is 5.82 Å². The molecule has 1 heterocycles. The van der Waals surface area contributed by atoms with Gasteiger partial charge in [-0.05, 0) is 53.2 Å². The van der Waals surface area contributed by atoms with Gasteiger partial charge in [-0.15, -0.1) is 5.10 Å². The second-order valence-electron chi connectivity index (χ2n) is 5.17. The summed E-state index contributed by atoms with van der Waals surface area (Å²) in [4.78, 5) is 12.1. The number of nitrogens with zero attached hydrogens (tertiary/aromatic N) is 4. The Balaban J connectivity index is 1.66. The van der Waals surface area contributed by atoms with Crippen molar-refractivity contribution in [2.75, 3.05) is 11.1 Å². The molecule has 0 fully saturated rings. The summed E-state index contributed by atoms with van der Waals surface area (Å²) in [7, 11) is 0. The van der Waals surface area contributed by atoms with Crippen molar-refractivity contribution in [1.29, 1.82) is 0 Å². The summed E-state index contributed by atoms with van der Waals surface area (Å²) in [5.74, 6) is -0.555. The molecule has 0 saturated heterocycles. The Hall–Kier alpha value is -2.45. The van der Waals surface area contributed by atoms with Gasteiger partial charge in [0.05, 0.1) is 22.2 Å². The lowest BCUT2D eigenvalue weighted by atomic mass is 10.2. The highest BCUT2D eigenvalue weighted by molar-refractivity contribution is 7.99. The average molecular weight is 378 g/mol. The SMILES string of the molecule is Cc1ccc(NC(=O)CSc2nnnn2-c2cccc(F)c2)c(Cl)c1. The number of hydrogen-bond acceptors (Lipinski definition) is 5. The molecule has 1 aromatic heterocycles. The number of carbonyl (C=O) groups excluding carboxylic acids is 1. The van der Waals surface area contributed by atoms with Gasteiger partial charge in [-0.3, -0.25) is 4.79 Å². The van der Waals surface area contributed by atoms with Crippen molar-refractivity contribution in [3.05, 3.63) is 58.9 Å². The minimum atomic E-state index is -0.393. The zero-order valence-electron chi connectivity index (χ0n) is 13.1. The Morgan fingerprint density at radius 3 is 2.92 bits per heavy atom. The maximum Gasteiger partial charge on any atom is 0.234 e. The molecule has 25 heavy (non-hydrogen) atoms. The number of hydrogen-bond donors (Lipinski definition) is 1. The topological polar surface area (TPSA) is 72.7 Å². The minimum Gasteiger partial charge on any atom is -0.324 e. The molecule has 3 aromatic rings. The largest absolute Gasteiger partial charge is 0.324 e. The maximum atomic E-state index is 13.3. The summed E-state index contributed by atoms with van der Waals surface area (Å²) in [6.45, 7) is 1.92. The van der Waals surface area contributed by atoms with Gasteiger partial charge in [-0.1, -0.05) is 35.5 Å². The Labute approximate surface area is 152 Å². The molecule has 9 heteroatoms. The van der Waals surface area contributed by atoms with Crippen LogP contribution in [0.3, 0.4) is 0 Å². The molecular weight excluding hydrogens is 365 g/mol. The van der Waals surface area contributed by atoms with E-state index in [1.165, 1.54) is 16.8 Å². The molecule has 0 atom stereocenters. The first-order valence-electron chi connectivity index (χ1n) is 7.26. The normalized spacial score (nSPS) is 10.7. The van der Waals surface area contributed by atoms with Gasteiger partial charge in [-0.2, -0.15) is 4.68 Å². The second kappa shape index (κ2) is 7.62. The van der Waals surface area contributed by atoms with Crippen molar-refractivity contribution >= 4 is 35.0 Å². The summed E-state index contributed by atoms with van der Waals surface area (Å²) in [6, 6.07) is 11.3. The molecule has 0 radical (unpaired) electrons. The number of benzene rings is 2. The molecule has 0 unspecified atom stereocenters. The number of tetrazole rings is 1. The van der Waals surface area contributed by atoms with Crippen molar-refractivity contribution in [1.82, 2.24) is 20.2 Å². The first-order valence-corrected chi connectivity index (χ1v) is 8.62. The highest BCUT2D eigenvalue weighted by Gasteiger charge is 2.13. The molecule has 0 aliphatic rings. The molecule has 128 valence electrons. The number of carbonyl (C=O) groups is 1. The maximum absolute atomic E-state index is 13.3. The van der Waals surface area contributed by atoms with Gasteiger partial charge in [0.25, 0.3) is 0 Å². The summed E-state index contributed by atoms with van der Waals surface area (Å²) >= 11 is 7.24. The van der Waals surface area contributed by atoms with Crippen LogP contribution in [0.2, 0.25) is 5.02 Å². The van der Waals surface area contributed by atoms with Crippen LogP contribution in [0.15, 0.2) is 47.6 Å². The zero-order valence-corrected chi connectivity index (χ0v) is 14.7. The number of thioether (sulfide) groups is 1. The van der Waals surface area contributed by atoms with E-state index in [2.05, 4.69) is 20.8 Å². The smallest absolute Gasteiger partial charge is 0.234 e. The van der Waals surface area contributed by atoms with Crippen molar-refractivity contribution in [2.45, 2.75) is 12.1 Å². The molecule has 0 spiro atoms. The minimum absolute atomic E-state index is 0.0832. The summed E-state index contributed by atoms with van der Waals surface area (Å²) in [5, 5.41) is 14.9. The van der Waals surface area contributed by atoms with E-state index in [-0.39, 0.29) is 11.7 Å². The number of aromatic nitrogens is 4. The standard InChI is InChI=1S/C16H13ClFN5OS/c1-10-5-6-14(13(17)7-10)19-15(24)9-25-16-20-21-22-23(16)12-4-2-3-11(18)8-12/h2-8H,9H2,1H3,(H,19,24). The van der Waals surface area contributed by atoms with Crippen molar-refractivity contribution in [3.63, 3.8) is 0 Å².